The summed E-state index contributed by atoms with van der Waals surface area (Å²) >= 11 is 2.18. The summed E-state index contributed by atoms with van der Waals surface area (Å²) in [4.78, 5) is 250. The van der Waals surface area contributed by atoms with E-state index in [1.54, 1.807) is 56.5 Å². The Labute approximate surface area is 775 Å². The Hall–Kier alpha value is -11.9. The number of hydrogen-bond acceptors (Lipinski definition) is 24. The number of primary amides is 2. The topological polar surface area (TPSA) is 566 Å². The number of aliphatic hydroxyl groups excluding tert-OH is 1. The molecule has 16 amide bonds. The van der Waals surface area contributed by atoms with Gasteiger partial charge in [-0.3, -0.25) is 87.0 Å². The molecule has 3 aromatic carbocycles. The Morgan fingerprint density at radius 2 is 1.22 bits per heavy atom. The van der Waals surface area contributed by atoms with E-state index in [1.165, 1.54) is 89.5 Å². The fraction of sp³-hybridized carbons (Fsp3) is 0.549. The minimum Gasteiger partial charge on any atom is -0.508 e. The van der Waals surface area contributed by atoms with Crippen molar-refractivity contribution in [2.24, 2.45) is 22.2 Å². The Balaban J connectivity index is 1.11. The molecule has 718 valence electrons. The third kappa shape index (κ3) is 28.1. The third-order valence-corrected chi connectivity index (χ3v) is 26.3. The third-order valence-electron chi connectivity index (χ3n) is 24.3. The van der Waals surface area contributed by atoms with Crippen molar-refractivity contribution >= 4 is 145 Å². The highest BCUT2D eigenvalue weighted by molar-refractivity contribution is 8.00. The molecule has 0 radical (unpaired) electrons. The number of amides is 16. The predicted octanol–water partition coefficient (Wildman–Crippen LogP) is 0.290. The van der Waals surface area contributed by atoms with Crippen molar-refractivity contribution in [3.8, 4) is 5.75 Å². The number of thiophene rings is 1. The van der Waals surface area contributed by atoms with E-state index in [-0.39, 0.29) is 96.0 Å². The number of para-hydroxylation sites is 1. The molecule has 2 bridgehead atoms. The van der Waals surface area contributed by atoms with Crippen molar-refractivity contribution in [1.82, 2.24) is 82.7 Å². The van der Waals surface area contributed by atoms with E-state index in [9.17, 15) is 43.8 Å². The number of thioether (sulfide) groups is 1. The maximum Gasteiger partial charge on any atom is 0.246 e. The Morgan fingerprint density at radius 3 is 1.90 bits per heavy atom. The van der Waals surface area contributed by atoms with Crippen molar-refractivity contribution < 1.29 is 91.7 Å². The number of aliphatic hydroxyl groups is 1. The first-order valence-electron chi connectivity index (χ1n) is 45.1. The van der Waals surface area contributed by atoms with Gasteiger partial charge in [0.1, 0.15) is 90.5 Å². The van der Waals surface area contributed by atoms with Crippen LogP contribution in [-0.2, 0) is 101 Å². The number of carbonyl (C=O) groups is 16. The van der Waals surface area contributed by atoms with E-state index in [2.05, 4.69) is 63.1 Å². The van der Waals surface area contributed by atoms with Gasteiger partial charge in [-0.1, -0.05) is 95.0 Å². The van der Waals surface area contributed by atoms with Crippen LogP contribution in [0.15, 0.2) is 101 Å². The summed E-state index contributed by atoms with van der Waals surface area (Å²) in [7, 11) is 4.04. The quantitative estimate of drug-likeness (QED) is 0.0369. The van der Waals surface area contributed by atoms with Crippen LogP contribution in [0, 0.1) is 0 Å². The van der Waals surface area contributed by atoms with Gasteiger partial charge in [0.15, 0.2) is 0 Å². The van der Waals surface area contributed by atoms with Gasteiger partial charge < -0.3 is 109 Å². The number of nitrogens with zero attached hydrogens (tertiary/aromatic N) is 6. The molecule has 9 rings (SSSR count). The Bertz CT molecular complexity index is 4990. The van der Waals surface area contributed by atoms with Gasteiger partial charge in [0, 0.05) is 99.4 Å². The van der Waals surface area contributed by atoms with Crippen LogP contribution < -0.4 is 70.4 Å². The van der Waals surface area contributed by atoms with E-state index in [0.717, 1.165) is 26.7 Å². The first-order chi connectivity index (χ1) is 63.1. The number of phenols is 1. The number of aromatic nitrogens is 1. The molecule has 39 nitrogen and oxygen atoms in total. The van der Waals surface area contributed by atoms with Crippen molar-refractivity contribution in [1.29, 1.82) is 0 Å². The number of rotatable bonds is 24. The lowest BCUT2D eigenvalue weighted by Gasteiger charge is -2.36. The summed E-state index contributed by atoms with van der Waals surface area (Å²) in [6.45, 7) is 8.53. The first-order valence-corrected chi connectivity index (χ1v) is 47.1. The second kappa shape index (κ2) is 50.1. The number of aliphatic imine (C=N–C) groups is 1. The first kappa shape index (κ1) is 104. The number of ether oxygens (including phenoxy) is 1. The predicted molar refractivity (Wildman–Crippen MR) is 496 cm³/mol. The molecule has 4 saturated heterocycles. The van der Waals surface area contributed by atoms with E-state index in [0.29, 0.717) is 71.8 Å². The number of carbonyl (C=O) groups excluding carboxylic acids is 16. The molecule has 4 fully saturated rings. The number of benzene rings is 3. The zero-order valence-corrected chi connectivity index (χ0v) is 77.9. The highest BCUT2D eigenvalue weighted by Crippen LogP contribution is 2.31. The lowest BCUT2D eigenvalue weighted by Crippen LogP contribution is -2.61. The number of nitrogens with two attached hydrogens (primary N) is 3. The normalized spacial score (nSPS) is 26.3. The smallest absolute Gasteiger partial charge is 0.246 e. The maximum absolute atomic E-state index is 15.7. The van der Waals surface area contributed by atoms with E-state index in [1.807, 2.05) is 44.4 Å². The van der Waals surface area contributed by atoms with Crippen molar-refractivity contribution in [3.05, 3.63) is 113 Å². The molecule has 4 aliphatic heterocycles. The average molecular weight is 1870 g/mol. The lowest BCUT2D eigenvalue weighted by atomic mass is 10.00. The Kier molecular flexibility index (Phi) is 39.4. The van der Waals surface area contributed by atoms with Crippen LogP contribution in [0.25, 0.3) is 21.0 Å². The average Bonchev–Trinajstić information content (AvgIpc) is 1.67. The number of allylic oxidation sites excluding steroid dienone is 1. The summed E-state index contributed by atoms with van der Waals surface area (Å²) in [6.07, 6.45) is 4.10. The van der Waals surface area contributed by atoms with Gasteiger partial charge in [-0.25, -0.2) is 0 Å². The molecule has 41 heteroatoms. The summed E-state index contributed by atoms with van der Waals surface area (Å²) in [5.41, 5.74) is 20.0. The number of hydrogen-bond donors (Lipinski definition) is 16. The van der Waals surface area contributed by atoms with Gasteiger partial charge in [0.05, 0.1) is 37.5 Å². The van der Waals surface area contributed by atoms with Crippen LogP contribution in [0.1, 0.15) is 155 Å². The van der Waals surface area contributed by atoms with Crippen molar-refractivity contribution in [3.63, 3.8) is 0 Å². The molecule has 132 heavy (non-hydrogen) atoms. The number of unbranched alkanes of at least 4 members (excludes halogenated alkanes) is 2. The number of likely N-dealkylation sites (N-methyl/N-ethyl adjacent to an activating group) is 3. The summed E-state index contributed by atoms with van der Waals surface area (Å²) in [5, 5.41) is 52.4. The zero-order chi connectivity index (χ0) is 96.2. The van der Waals surface area contributed by atoms with Crippen molar-refractivity contribution in [2.75, 3.05) is 65.4 Å². The van der Waals surface area contributed by atoms with Gasteiger partial charge in [0.25, 0.3) is 0 Å². The molecule has 2 aromatic heterocycles. The Morgan fingerprint density at radius 1 is 0.606 bits per heavy atom. The van der Waals surface area contributed by atoms with Crippen LogP contribution in [0.4, 0.5) is 0 Å². The highest BCUT2D eigenvalue weighted by atomic mass is 32.2. The molecule has 0 spiro atoms. The molecular formula is C91H128N20O19S2. The molecular weight excluding hydrogens is 1740 g/mol. The molecule has 0 aliphatic carbocycles. The number of H-pyrrole nitrogens is 1. The SMILES string of the molecule is CC=N/C(=C/C1NC2OC(C)CC(NC1=O)C(=O)N1CCCC1C(=O)NC(Cc1c[nH]c3ccccc13)C(=O)NC(CO)C(=O)NC(Cc1csc3ccccc13)C(=O)N(C)C(CCCC)C(=O)N(C)C(CCCC)C(=O)NC(CCCN)C(=O)NC(C(=O)NCC(N)=O)CSCC(=O)NC(Cc1ccc(O)cc1)C(=O)N(C)C(C)C(=O)NC(CC(N)=O)C(=O)N1CCCC21)CC. The molecule has 4 aliphatic rings. The number of phenolic OH excluding ortho intramolecular Hbond substituents is 1. The molecule has 5 aromatic rings. The van der Waals surface area contributed by atoms with Gasteiger partial charge in [-0.2, -0.15) is 0 Å². The fourth-order valence-electron chi connectivity index (χ4n) is 16.8. The minimum absolute atomic E-state index is 0.00975. The monoisotopic (exact) mass is 1870 g/mol. The van der Waals surface area contributed by atoms with Gasteiger partial charge in [0.2, 0.25) is 94.5 Å². The van der Waals surface area contributed by atoms with Crippen LogP contribution in [0.3, 0.4) is 0 Å². The maximum atomic E-state index is 15.7. The number of aromatic hydroxyl groups is 1. The van der Waals surface area contributed by atoms with E-state index in [4.69, 9.17) is 21.9 Å². The summed E-state index contributed by atoms with van der Waals surface area (Å²) in [5.74, 6) is -14.8. The van der Waals surface area contributed by atoms with E-state index >= 15 is 43.2 Å². The highest BCUT2D eigenvalue weighted by Gasteiger charge is 2.47. The fourth-order valence-corrected chi connectivity index (χ4v) is 18.7. The summed E-state index contributed by atoms with van der Waals surface area (Å²) in [6, 6.07) is 0.120. The van der Waals surface area contributed by atoms with Gasteiger partial charge in [-0.15, -0.1) is 23.1 Å². The van der Waals surface area contributed by atoms with E-state index < -0.39 is 223 Å². The number of fused-ring (bicyclic) bond motifs is 9. The second-order valence-electron chi connectivity index (χ2n) is 33.8. The number of nitrogens with one attached hydrogen (secondary N) is 11. The zero-order valence-electron chi connectivity index (χ0n) is 76.2. The van der Waals surface area contributed by atoms with Crippen LogP contribution >= 0.6 is 23.1 Å². The lowest BCUT2D eigenvalue weighted by molar-refractivity contribution is -0.149. The molecule has 0 saturated carbocycles. The van der Waals surface area contributed by atoms with Gasteiger partial charge in [-0.05, 0) is 143 Å². The van der Waals surface area contributed by atoms with Crippen LogP contribution in [0.5, 0.6) is 5.75 Å². The second-order valence-corrected chi connectivity index (χ2v) is 35.8. The standard InChI is InChI=1S/C91H128N20O19S2/c1-10-14-27-70-84(123)99-61(26-20-36-92)80(119)105-69(79(118)97-46-76(94)115)49-131-50-77(116)98-65(40-53-32-34-57(113)35-33-53)87(125)107(7)52(6)78(117)101-67(44-75(93)114)90(128)111-38-22-30-72(111)86-106-63(43-56(12-3)95-13-4)82(121)102-64(39-51(5)130-86)89(127)110-37-21-29-71(110)85(124)100-62(41-54-45-96-60-25-18-16-23-58(54)60)81(120)104-68(47-112)83(122)103-66(42-55-48-132-74-31-19-17-24-59(55)74)88(126)109(9)73(28-15-11-2)91(129)108(70)8/h13,16-19,23-25,31-35,43,45,48,51-52,61-73,86,96,106,112-113H,10-12,14-15,20-22,26-30,36-42,44,46-47,49-50,92H2,1-9H3,(H2,93,114)(H2,94,115)(H,97,118)(H,98,116)(H,99,123)(H,100,124)(H,101,117)(H,102,121)(H,103,122)(H,104,120)(H,105,119)/b56-43+,95-13?. The van der Waals surface area contributed by atoms with Crippen molar-refractivity contribution in [2.45, 2.75) is 254 Å². The molecule has 16 atom stereocenters. The molecule has 19 N–H and O–H groups in total. The summed E-state index contributed by atoms with van der Waals surface area (Å²) < 4.78 is 7.67. The number of aromatic amines is 1. The van der Waals surface area contributed by atoms with Crippen LogP contribution in [0.2, 0.25) is 0 Å². The minimum atomic E-state index is -1.82. The largest absolute Gasteiger partial charge is 0.508 e. The molecule has 6 heterocycles. The molecule has 16 unspecified atom stereocenters. The van der Waals surface area contributed by atoms with Gasteiger partial charge >= 0.3 is 0 Å². The van der Waals surface area contributed by atoms with Crippen LogP contribution in [-0.4, -0.2) is 303 Å².